The Morgan fingerprint density at radius 1 is 1.35 bits per heavy atom. The molecule has 4 heteroatoms. The first-order chi connectivity index (χ1) is 8.02. The molecule has 0 saturated heterocycles. The third-order valence-electron chi connectivity index (χ3n) is 2.88. The molecule has 0 fully saturated rings. The van der Waals surface area contributed by atoms with Gasteiger partial charge in [0.2, 0.25) is 0 Å². The maximum Gasteiger partial charge on any atom is 0.326 e. The lowest BCUT2D eigenvalue weighted by Crippen LogP contribution is -2.23. The molecule has 0 radical (unpaired) electrons. The normalized spacial score (nSPS) is 13.2. The molecule has 90 valence electrons. The Labute approximate surface area is 105 Å². The van der Waals surface area contributed by atoms with E-state index in [1.807, 2.05) is 32.0 Å². The Morgan fingerprint density at radius 2 is 2.06 bits per heavy atom. The number of fused-ring (bicyclic) bond motifs is 1. The van der Waals surface area contributed by atoms with Crippen LogP contribution in [0.2, 0.25) is 5.02 Å². The van der Waals surface area contributed by atoms with E-state index in [0.29, 0.717) is 5.02 Å². The van der Waals surface area contributed by atoms with Crippen molar-refractivity contribution in [2.75, 3.05) is 0 Å². The van der Waals surface area contributed by atoms with E-state index in [1.54, 1.807) is 16.8 Å². The molecule has 0 bridgehead atoms. The first-order valence-electron chi connectivity index (χ1n) is 5.50. The molecule has 2 aromatic rings. The van der Waals surface area contributed by atoms with Gasteiger partial charge in [0, 0.05) is 11.6 Å². The summed E-state index contributed by atoms with van der Waals surface area (Å²) in [5.74, 6) is -0.836. The smallest absolute Gasteiger partial charge is 0.326 e. The van der Waals surface area contributed by atoms with E-state index in [2.05, 4.69) is 0 Å². The van der Waals surface area contributed by atoms with Crippen LogP contribution >= 0.6 is 11.6 Å². The number of carbonyl (C=O) groups is 1. The molecule has 1 unspecified atom stereocenters. The molecule has 1 heterocycles. The fourth-order valence-corrected chi connectivity index (χ4v) is 2.41. The van der Waals surface area contributed by atoms with Crippen LogP contribution in [0, 0.1) is 5.92 Å². The molecule has 3 nitrogen and oxygen atoms in total. The van der Waals surface area contributed by atoms with Gasteiger partial charge in [0.1, 0.15) is 6.04 Å². The maximum absolute atomic E-state index is 11.3. The van der Waals surface area contributed by atoms with Gasteiger partial charge >= 0.3 is 5.97 Å². The molecule has 0 aliphatic rings. The van der Waals surface area contributed by atoms with Crippen molar-refractivity contribution in [3.8, 4) is 0 Å². The number of hydrogen-bond acceptors (Lipinski definition) is 1. The third-order valence-corrected chi connectivity index (χ3v) is 3.18. The predicted molar refractivity (Wildman–Crippen MR) is 68.5 cm³/mol. The fraction of sp³-hybridized carbons (Fsp3) is 0.308. The molecule has 0 aliphatic carbocycles. The number of rotatable bonds is 3. The largest absolute Gasteiger partial charge is 0.480 e. The van der Waals surface area contributed by atoms with Crippen molar-refractivity contribution in [1.29, 1.82) is 0 Å². The van der Waals surface area contributed by atoms with E-state index in [-0.39, 0.29) is 5.92 Å². The summed E-state index contributed by atoms with van der Waals surface area (Å²) in [6, 6.07) is 6.86. The van der Waals surface area contributed by atoms with Gasteiger partial charge in [-0.25, -0.2) is 4.79 Å². The van der Waals surface area contributed by atoms with Crippen molar-refractivity contribution in [3.63, 3.8) is 0 Å². The van der Waals surface area contributed by atoms with Crippen molar-refractivity contribution < 1.29 is 9.90 Å². The quantitative estimate of drug-likeness (QED) is 0.906. The Kier molecular flexibility index (Phi) is 3.11. The van der Waals surface area contributed by atoms with Crippen LogP contribution < -0.4 is 0 Å². The van der Waals surface area contributed by atoms with Gasteiger partial charge in [-0.3, -0.25) is 0 Å². The lowest BCUT2D eigenvalue weighted by atomic mass is 10.0. The summed E-state index contributed by atoms with van der Waals surface area (Å²) < 4.78 is 1.74. The summed E-state index contributed by atoms with van der Waals surface area (Å²) >= 11 is 6.14. The predicted octanol–water partition coefficient (Wildman–Crippen LogP) is 3.58. The van der Waals surface area contributed by atoms with Gasteiger partial charge < -0.3 is 9.67 Å². The standard InChI is InChI=1S/C13H14ClNO2/c1-8(2)11(13(16)17)15-7-6-9-4-3-5-10(14)12(9)15/h3-8,11H,1-2H3,(H,16,17). The van der Waals surface area contributed by atoms with Crippen LogP contribution in [0.5, 0.6) is 0 Å². The van der Waals surface area contributed by atoms with Crippen LogP contribution in [0.3, 0.4) is 0 Å². The van der Waals surface area contributed by atoms with Gasteiger partial charge in [0.25, 0.3) is 0 Å². The van der Waals surface area contributed by atoms with E-state index >= 15 is 0 Å². The highest BCUT2D eigenvalue weighted by Gasteiger charge is 2.24. The lowest BCUT2D eigenvalue weighted by molar-refractivity contribution is -0.142. The second-order valence-electron chi connectivity index (χ2n) is 4.43. The minimum atomic E-state index is -0.836. The zero-order valence-corrected chi connectivity index (χ0v) is 10.5. The summed E-state index contributed by atoms with van der Waals surface area (Å²) in [5.41, 5.74) is 0.787. The molecule has 1 atom stereocenters. The van der Waals surface area contributed by atoms with Crippen LogP contribution in [0.15, 0.2) is 30.5 Å². The highest BCUT2D eigenvalue weighted by atomic mass is 35.5. The van der Waals surface area contributed by atoms with Crippen LogP contribution in [0.1, 0.15) is 19.9 Å². The zero-order chi connectivity index (χ0) is 12.6. The molecule has 0 aliphatic heterocycles. The zero-order valence-electron chi connectivity index (χ0n) is 9.72. The molecule has 1 aromatic heterocycles. The van der Waals surface area contributed by atoms with E-state index in [4.69, 9.17) is 11.6 Å². The van der Waals surface area contributed by atoms with E-state index in [9.17, 15) is 9.90 Å². The molecule has 0 amide bonds. The average Bonchev–Trinajstić information content (AvgIpc) is 2.62. The van der Waals surface area contributed by atoms with Crippen molar-refractivity contribution in [2.24, 2.45) is 5.92 Å². The van der Waals surface area contributed by atoms with Gasteiger partial charge in [-0.1, -0.05) is 37.6 Å². The number of carboxylic acid groups (broad SMARTS) is 1. The van der Waals surface area contributed by atoms with Gasteiger partial charge in [0.15, 0.2) is 0 Å². The fourth-order valence-electron chi connectivity index (χ4n) is 2.13. The van der Waals surface area contributed by atoms with Crippen LogP contribution in [-0.4, -0.2) is 15.6 Å². The Morgan fingerprint density at radius 3 is 2.65 bits per heavy atom. The highest BCUT2D eigenvalue weighted by Crippen LogP contribution is 2.30. The minimum Gasteiger partial charge on any atom is -0.480 e. The first kappa shape index (κ1) is 12.0. The SMILES string of the molecule is CC(C)C(C(=O)O)n1ccc2cccc(Cl)c21. The van der Waals surface area contributed by atoms with Crippen molar-refractivity contribution >= 4 is 28.5 Å². The monoisotopic (exact) mass is 251 g/mol. The second-order valence-corrected chi connectivity index (χ2v) is 4.83. The summed E-state index contributed by atoms with van der Waals surface area (Å²) in [4.78, 5) is 11.3. The molecule has 1 aromatic carbocycles. The van der Waals surface area contributed by atoms with E-state index in [0.717, 1.165) is 10.9 Å². The van der Waals surface area contributed by atoms with Crippen molar-refractivity contribution in [2.45, 2.75) is 19.9 Å². The van der Waals surface area contributed by atoms with Gasteiger partial charge in [-0.05, 0) is 18.1 Å². The number of carboxylic acids is 1. The number of aromatic nitrogens is 1. The van der Waals surface area contributed by atoms with E-state index < -0.39 is 12.0 Å². The Hall–Kier alpha value is -1.48. The first-order valence-corrected chi connectivity index (χ1v) is 5.88. The topological polar surface area (TPSA) is 42.2 Å². The van der Waals surface area contributed by atoms with Crippen molar-refractivity contribution in [3.05, 3.63) is 35.5 Å². The lowest BCUT2D eigenvalue weighted by Gasteiger charge is -2.19. The van der Waals surface area contributed by atoms with Crippen LogP contribution in [0.25, 0.3) is 10.9 Å². The molecule has 1 N–H and O–H groups in total. The highest BCUT2D eigenvalue weighted by molar-refractivity contribution is 6.35. The van der Waals surface area contributed by atoms with Crippen LogP contribution in [-0.2, 0) is 4.79 Å². The number of benzene rings is 1. The number of halogens is 1. The summed E-state index contributed by atoms with van der Waals surface area (Å²) in [6.07, 6.45) is 1.79. The Balaban J connectivity index is 2.66. The summed E-state index contributed by atoms with van der Waals surface area (Å²) in [5, 5.41) is 10.8. The molecule has 2 rings (SSSR count). The summed E-state index contributed by atoms with van der Waals surface area (Å²) in [7, 11) is 0. The van der Waals surface area contributed by atoms with Crippen LogP contribution in [0.4, 0.5) is 0 Å². The molecular formula is C13H14ClNO2. The number of hydrogen-bond donors (Lipinski definition) is 1. The number of aliphatic carboxylic acids is 1. The second kappa shape index (κ2) is 4.41. The van der Waals surface area contributed by atoms with Crippen molar-refractivity contribution in [1.82, 2.24) is 4.57 Å². The number of para-hydroxylation sites is 1. The molecule has 0 saturated carbocycles. The molecule has 0 spiro atoms. The third kappa shape index (κ3) is 2.03. The summed E-state index contributed by atoms with van der Waals surface area (Å²) in [6.45, 7) is 3.78. The molecule has 17 heavy (non-hydrogen) atoms. The van der Waals surface area contributed by atoms with E-state index in [1.165, 1.54) is 0 Å². The average molecular weight is 252 g/mol. The van der Waals surface area contributed by atoms with Gasteiger partial charge in [0.05, 0.1) is 10.5 Å². The van der Waals surface area contributed by atoms with Gasteiger partial charge in [-0.15, -0.1) is 0 Å². The van der Waals surface area contributed by atoms with Gasteiger partial charge in [-0.2, -0.15) is 0 Å². The molecular weight excluding hydrogens is 238 g/mol. The number of nitrogens with zero attached hydrogens (tertiary/aromatic N) is 1. The maximum atomic E-state index is 11.3. The Bertz CT molecular complexity index is 560. The minimum absolute atomic E-state index is 0.000581.